The molecule has 0 fully saturated rings. The van der Waals surface area contributed by atoms with Crippen LogP contribution in [0.2, 0.25) is 0 Å². The molecule has 1 unspecified atom stereocenters. The summed E-state index contributed by atoms with van der Waals surface area (Å²) in [7, 11) is 0. The number of halogens is 1. The van der Waals surface area contributed by atoms with Crippen LogP contribution in [0.5, 0.6) is 0 Å². The maximum Gasteiger partial charge on any atom is 0.137 e. The second-order valence-corrected chi connectivity index (χ2v) is 4.58. The van der Waals surface area contributed by atoms with Crippen molar-refractivity contribution in [3.8, 4) is 0 Å². The van der Waals surface area contributed by atoms with Gasteiger partial charge in [-0.05, 0) is 40.9 Å². The van der Waals surface area contributed by atoms with Crippen molar-refractivity contribution < 1.29 is 0 Å². The summed E-state index contributed by atoms with van der Waals surface area (Å²) in [6, 6.07) is 4.16. The third-order valence-electron chi connectivity index (χ3n) is 2.74. The number of imidazole rings is 1. The maximum absolute atomic E-state index is 6.03. The molecule has 3 rings (SSSR count). The van der Waals surface area contributed by atoms with Crippen LogP contribution in [0.25, 0.3) is 5.65 Å². The number of fused-ring (bicyclic) bond motifs is 3. The first-order valence-electron chi connectivity index (χ1n) is 4.67. The van der Waals surface area contributed by atoms with Gasteiger partial charge in [-0.2, -0.15) is 0 Å². The summed E-state index contributed by atoms with van der Waals surface area (Å²) in [5, 5.41) is 0. The molecule has 1 atom stereocenters. The van der Waals surface area contributed by atoms with Gasteiger partial charge in [-0.15, -0.1) is 0 Å². The van der Waals surface area contributed by atoms with E-state index in [1.807, 2.05) is 18.3 Å². The number of aromatic nitrogens is 2. The van der Waals surface area contributed by atoms with Crippen molar-refractivity contribution in [2.45, 2.75) is 18.9 Å². The molecule has 0 amide bonds. The van der Waals surface area contributed by atoms with E-state index >= 15 is 0 Å². The minimum atomic E-state index is 0.147. The van der Waals surface area contributed by atoms with Crippen LogP contribution in [0.4, 0.5) is 0 Å². The first kappa shape index (κ1) is 8.44. The molecular weight excluding hydrogens is 242 g/mol. The summed E-state index contributed by atoms with van der Waals surface area (Å²) in [6.07, 6.45) is 4.06. The Balaban J connectivity index is 2.38. The van der Waals surface area contributed by atoms with Crippen LogP contribution in [-0.2, 0) is 6.42 Å². The lowest BCUT2D eigenvalue weighted by Crippen LogP contribution is -2.08. The molecule has 2 aromatic rings. The molecule has 0 radical (unpaired) electrons. The predicted octanol–water partition coefficient (Wildman–Crippen LogP) is 2.04. The lowest BCUT2D eigenvalue weighted by atomic mass is 10.2. The van der Waals surface area contributed by atoms with E-state index in [0.29, 0.717) is 0 Å². The fraction of sp³-hybridized carbons (Fsp3) is 0.300. The fourth-order valence-corrected chi connectivity index (χ4v) is 2.43. The zero-order chi connectivity index (χ0) is 9.71. The Labute approximate surface area is 90.1 Å². The quantitative estimate of drug-likeness (QED) is 0.779. The number of nitrogens with two attached hydrogens (primary N) is 1. The van der Waals surface area contributed by atoms with Gasteiger partial charge in [0.2, 0.25) is 0 Å². The summed E-state index contributed by atoms with van der Waals surface area (Å²) in [5.74, 6) is 0. The average Bonchev–Trinajstić information content (AvgIpc) is 2.67. The van der Waals surface area contributed by atoms with E-state index < -0.39 is 0 Å². The Hall–Kier alpha value is -0.870. The molecule has 0 aromatic carbocycles. The highest BCUT2D eigenvalue weighted by atomic mass is 79.9. The highest BCUT2D eigenvalue weighted by molar-refractivity contribution is 9.10. The monoisotopic (exact) mass is 251 g/mol. The predicted molar refractivity (Wildman–Crippen MR) is 58.1 cm³/mol. The first-order valence-corrected chi connectivity index (χ1v) is 5.47. The Kier molecular flexibility index (Phi) is 1.69. The maximum atomic E-state index is 6.03. The Morgan fingerprint density at radius 2 is 2.36 bits per heavy atom. The number of nitrogens with zero attached hydrogens (tertiary/aromatic N) is 2. The molecule has 3 nitrogen and oxygen atoms in total. The van der Waals surface area contributed by atoms with Crippen molar-refractivity contribution in [1.29, 1.82) is 0 Å². The summed E-state index contributed by atoms with van der Waals surface area (Å²) >= 11 is 3.46. The Bertz CT molecular complexity index is 503. The molecular formula is C10H10BrN3. The second-order valence-electron chi connectivity index (χ2n) is 3.66. The van der Waals surface area contributed by atoms with Gasteiger partial charge in [0.05, 0.1) is 11.4 Å². The van der Waals surface area contributed by atoms with Gasteiger partial charge in [0.1, 0.15) is 5.65 Å². The van der Waals surface area contributed by atoms with Gasteiger partial charge < -0.3 is 10.1 Å². The van der Waals surface area contributed by atoms with Gasteiger partial charge in [-0.3, -0.25) is 0 Å². The smallest absolute Gasteiger partial charge is 0.137 e. The lowest BCUT2D eigenvalue weighted by molar-refractivity contribution is 0.685. The van der Waals surface area contributed by atoms with E-state index in [2.05, 4.69) is 25.3 Å². The van der Waals surface area contributed by atoms with E-state index in [1.165, 1.54) is 5.69 Å². The van der Waals surface area contributed by atoms with Crippen molar-refractivity contribution in [1.82, 2.24) is 9.38 Å². The van der Waals surface area contributed by atoms with E-state index in [-0.39, 0.29) is 6.04 Å². The highest BCUT2D eigenvalue weighted by Gasteiger charge is 2.24. The van der Waals surface area contributed by atoms with Gasteiger partial charge in [0.15, 0.2) is 0 Å². The Morgan fingerprint density at radius 1 is 1.50 bits per heavy atom. The molecule has 0 bridgehead atoms. The van der Waals surface area contributed by atoms with Gasteiger partial charge in [-0.1, -0.05) is 0 Å². The molecule has 2 heterocycles. The van der Waals surface area contributed by atoms with Crippen molar-refractivity contribution >= 4 is 21.6 Å². The van der Waals surface area contributed by atoms with Crippen LogP contribution in [0.3, 0.4) is 0 Å². The number of hydrogen-bond donors (Lipinski definition) is 1. The molecule has 2 N–H and O–H groups in total. The molecule has 14 heavy (non-hydrogen) atoms. The Morgan fingerprint density at radius 3 is 3.21 bits per heavy atom. The topological polar surface area (TPSA) is 43.3 Å². The third-order valence-corrected chi connectivity index (χ3v) is 3.21. The van der Waals surface area contributed by atoms with Gasteiger partial charge in [0, 0.05) is 16.7 Å². The molecule has 0 saturated heterocycles. The third kappa shape index (κ3) is 1.04. The largest absolute Gasteiger partial charge is 0.323 e. The minimum Gasteiger partial charge on any atom is -0.323 e. The summed E-state index contributed by atoms with van der Waals surface area (Å²) in [6.45, 7) is 0. The average molecular weight is 252 g/mol. The highest BCUT2D eigenvalue weighted by Crippen LogP contribution is 2.30. The zero-order valence-corrected chi connectivity index (χ0v) is 9.16. The zero-order valence-electron chi connectivity index (χ0n) is 7.57. The molecule has 2 aromatic heterocycles. The molecule has 0 spiro atoms. The van der Waals surface area contributed by atoms with E-state index in [0.717, 1.165) is 28.7 Å². The molecule has 0 aliphatic heterocycles. The number of rotatable bonds is 0. The van der Waals surface area contributed by atoms with Gasteiger partial charge in [0.25, 0.3) is 0 Å². The molecule has 72 valence electrons. The van der Waals surface area contributed by atoms with E-state index in [9.17, 15) is 0 Å². The minimum absolute atomic E-state index is 0.147. The first-order chi connectivity index (χ1) is 6.75. The van der Waals surface area contributed by atoms with Crippen molar-refractivity contribution in [3.63, 3.8) is 0 Å². The number of aryl methyl sites for hydroxylation is 1. The summed E-state index contributed by atoms with van der Waals surface area (Å²) < 4.78 is 3.15. The van der Waals surface area contributed by atoms with Crippen molar-refractivity contribution in [2.24, 2.45) is 5.73 Å². The van der Waals surface area contributed by atoms with E-state index in [1.54, 1.807) is 0 Å². The van der Waals surface area contributed by atoms with Crippen LogP contribution in [0.15, 0.2) is 22.8 Å². The molecule has 1 aliphatic rings. The van der Waals surface area contributed by atoms with Gasteiger partial charge in [-0.25, -0.2) is 4.98 Å². The fourth-order valence-electron chi connectivity index (χ4n) is 2.09. The normalized spacial score (nSPS) is 20.3. The van der Waals surface area contributed by atoms with Crippen LogP contribution in [-0.4, -0.2) is 9.38 Å². The van der Waals surface area contributed by atoms with E-state index in [4.69, 9.17) is 5.73 Å². The summed E-state index contributed by atoms with van der Waals surface area (Å²) in [4.78, 5) is 4.55. The molecule has 0 saturated carbocycles. The number of pyridine rings is 1. The number of hydrogen-bond acceptors (Lipinski definition) is 2. The van der Waals surface area contributed by atoms with Crippen LogP contribution < -0.4 is 5.73 Å². The molecule has 1 aliphatic carbocycles. The standard InChI is InChI=1S/C10H10BrN3/c11-6-1-4-9-13-8-3-2-7(12)10(8)14(9)5-6/h1,4-5,7H,2-3,12H2. The van der Waals surface area contributed by atoms with Crippen molar-refractivity contribution in [2.75, 3.05) is 0 Å². The second kappa shape index (κ2) is 2.81. The van der Waals surface area contributed by atoms with Crippen LogP contribution in [0, 0.1) is 0 Å². The SMILES string of the molecule is NC1CCc2nc3ccc(Br)cn3c21. The van der Waals surface area contributed by atoms with Crippen molar-refractivity contribution in [3.05, 3.63) is 34.2 Å². The molecule has 4 heteroatoms. The van der Waals surface area contributed by atoms with Crippen LogP contribution in [0.1, 0.15) is 23.9 Å². The lowest BCUT2D eigenvalue weighted by Gasteiger charge is -2.04. The van der Waals surface area contributed by atoms with Gasteiger partial charge >= 0.3 is 0 Å². The summed E-state index contributed by atoms with van der Waals surface area (Å²) in [5.41, 5.74) is 9.37. The van der Waals surface area contributed by atoms with Crippen LogP contribution >= 0.6 is 15.9 Å².